The van der Waals surface area contributed by atoms with Crippen molar-refractivity contribution in [2.75, 3.05) is 18.9 Å². The number of nitrogens with zero attached hydrogens (tertiary/aromatic N) is 3. The van der Waals surface area contributed by atoms with E-state index in [-0.39, 0.29) is 0 Å². The van der Waals surface area contributed by atoms with Crippen LogP contribution in [-0.4, -0.2) is 39.6 Å². The molecule has 0 radical (unpaired) electrons. The molecule has 1 atom stereocenters. The SMILES string of the molecule is CC(CBr)N(C)CCn1cccn1. The molecule has 0 saturated heterocycles. The van der Waals surface area contributed by atoms with Gasteiger partial charge in [0.2, 0.25) is 0 Å². The van der Waals surface area contributed by atoms with E-state index < -0.39 is 0 Å². The lowest BCUT2D eigenvalue weighted by Crippen LogP contribution is -2.33. The number of hydrogen-bond acceptors (Lipinski definition) is 2. The first-order chi connectivity index (χ1) is 6.24. The Morgan fingerprint density at radius 2 is 2.38 bits per heavy atom. The van der Waals surface area contributed by atoms with E-state index in [2.05, 4.69) is 39.9 Å². The van der Waals surface area contributed by atoms with Gasteiger partial charge in [-0.3, -0.25) is 4.68 Å². The molecular formula is C9H16BrN3. The summed E-state index contributed by atoms with van der Waals surface area (Å²) < 4.78 is 1.96. The van der Waals surface area contributed by atoms with Crippen LogP contribution in [0.1, 0.15) is 6.92 Å². The Labute approximate surface area is 87.9 Å². The third kappa shape index (κ3) is 3.48. The van der Waals surface area contributed by atoms with Crippen LogP contribution in [0.2, 0.25) is 0 Å². The molecule has 1 rings (SSSR count). The van der Waals surface area contributed by atoms with Gasteiger partial charge < -0.3 is 4.90 Å². The van der Waals surface area contributed by atoms with E-state index in [4.69, 9.17) is 0 Å². The maximum absolute atomic E-state index is 4.15. The zero-order chi connectivity index (χ0) is 9.68. The van der Waals surface area contributed by atoms with Crippen LogP contribution < -0.4 is 0 Å². The van der Waals surface area contributed by atoms with Crippen molar-refractivity contribution in [1.82, 2.24) is 14.7 Å². The minimum absolute atomic E-state index is 0.579. The molecule has 0 amide bonds. The van der Waals surface area contributed by atoms with Crippen LogP contribution in [0.3, 0.4) is 0 Å². The van der Waals surface area contributed by atoms with E-state index in [0.717, 1.165) is 18.4 Å². The number of rotatable bonds is 5. The Balaban J connectivity index is 2.26. The second-order valence-corrected chi connectivity index (χ2v) is 3.90. The van der Waals surface area contributed by atoms with Crippen LogP contribution in [-0.2, 0) is 6.54 Å². The minimum Gasteiger partial charge on any atom is -0.301 e. The van der Waals surface area contributed by atoms with Crippen LogP contribution in [0.5, 0.6) is 0 Å². The Bertz CT molecular complexity index is 223. The largest absolute Gasteiger partial charge is 0.301 e. The molecule has 0 aromatic carbocycles. The summed E-state index contributed by atoms with van der Waals surface area (Å²) in [6, 6.07) is 2.53. The first-order valence-corrected chi connectivity index (χ1v) is 5.60. The van der Waals surface area contributed by atoms with E-state index in [0.29, 0.717) is 6.04 Å². The molecule has 1 aromatic rings. The van der Waals surface area contributed by atoms with E-state index in [9.17, 15) is 0 Å². The van der Waals surface area contributed by atoms with E-state index in [1.54, 1.807) is 0 Å². The molecule has 74 valence electrons. The van der Waals surface area contributed by atoms with Crippen molar-refractivity contribution in [3.63, 3.8) is 0 Å². The fourth-order valence-electron chi connectivity index (χ4n) is 1.03. The average molecular weight is 246 g/mol. The molecule has 0 fully saturated rings. The maximum Gasteiger partial charge on any atom is 0.0536 e. The summed E-state index contributed by atoms with van der Waals surface area (Å²) in [5.41, 5.74) is 0. The molecule has 0 spiro atoms. The molecule has 0 bridgehead atoms. The zero-order valence-corrected chi connectivity index (χ0v) is 9.74. The van der Waals surface area contributed by atoms with Crippen molar-refractivity contribution in [3.05, 3.63) is 18.5 Å². The van der Waals surface area contributed by atoms with E-state index in [1.807, 2.05) is 23.1 Å². The van der Waals surface area contributed by atoms with Gasteiger partial charge >= 0.3 is 0 Å². The van der Waals surface area contributed by atoms with Gasteiger partial charge in [0.15, 0.2) is 0 Å². The molecule has 0 aliphatic carbocycles. The van der Waals surface area contributed by atoms with E-state index in [1.165, 1.54) is 0 Å². The van der Waals surface area contributed by atoms with Crippen molar-refractivity contribution in [1.29, 1.82) is 0 Å². The highest BCUT2D eigenvalue weighted by Crippen LogP contribution is 1.99. The van der Waals surface area contributed by atoms with Gasteiger partial charge in [-0.2, -0.15) is 5.10 Å². The summed E-state index contributed by atoms with van der Waals surface area (Å²) in [5, 5.41) is 5.17. The number of hydrogen-bond donors (Lipinski definition) is 0. The fraction of sp³-hybridized carbons (Fsp3) is 0.667. The highest BCUT2D eigenvalue weighted by molar-refractivity contribution is 9.09. The molecule has 4 heteroatoms. The average Bonchev–Trinajstić information content (AvgIpc) is 2.65. The molecule has 13 heavy (non-hydrogen) atoms. The van der Waals surface area contributed by atoms with Gasteiger partial charge in [-0.05, 0) is 20.0 Å². The third-order valence-electron chi connectivity index (χ3n) is 2.22. The Morgan fingerprint density at radius 3 is 2.92 bits per heavy atom. The molecule has 0 saturated carbocycles. The van der Waals surface area contributed by atoms with Gasteiger partial charge in [-0.1, -0.05) is 15.9 Å². The van der Waals surface area contributed by atoms with Crippen LogP contribution >= 0.6 is 15.9 Å². The predicted octanol–water partition coefficient (Wildman–Crippen LogP) is 1.60. The third-order valence-corrected chi connectivity index (χ3v) is 3.15. The van der Waals surface area contributed by atoms with Gasteiger partial charge in [-0.25, -0.2) is 0 Å². The number of likely N-dealkylation sites (N-methyl/N-ethyl adjacent to an activating group) is 1. The predicted molar refractivity (Wildman–Crippen MR) is 58.1 cm³/mol. The molecular weight excluding hydrogens is 230 g/mol. The normalized spacial score (nSPS) is 13.5. The second-order valence-electron chi connectivity index (χ2n) is 3.25. The lowest BCUT2D eigenvalue weighted by Gasteiger charge is -2.22. The highest BCUT2D eigenvalue weighted by Gasteiger charge is 2.06. The van der Waals surface area contributed by atoms with Crippen molar-refractivity contribution >= 4 is 15.9 Å². The minimum atomic E-state index is 0.579. The van der Waals surface area contributed by atoms with Crippen LogP contribution in [0, 0.1) is 0 Å². The van der Waals surface area contributed by atoms with Crippen molar-refractivity contribution in [2.45, 2.75) is 19.5 Å². The lowest BCUT2D eigenvalue weighted by atomic mass is 10.3. The second kappa shape index (κ2) is 5.40. The van der Waals surface area contributed by atoms with Gasteiger partial charge in [0, 0.05) is 30.3 Å². The molecule has 0 N–H and O–H groups in total. The first-order valence-electron chi connectivity index (χ1n) is 4.47. The van der Waals surface area contributed by atoms with Crippen LogP contribution in [0.4, 0.5) is 0 Å². The van der Waals surface area contributed by atoms with Gasteiger partial charge in [-0.15, -0.1) is 0 Å². The molecule has 1 unspecified atom stereocenters. The highest BCUT2D eigenvalue weighted by atomic mass is 79.9. The quantitative estimate of drug-likeness (QED) is 0.736. The summed E-state index contributed by atoms with van der Waals surface area (Å²) in [4.78, 5) is 2.32. The number of aromatic nitrogens is 2. The number of alkyl halides is 1. The lowest BCUT2D eigenvalue weighted by molar-refractivity contribution is 0.263. The Morgan fingerprint density at radius 1 is 1.62 bits per heavy atom. The standard InChI is InChI=1S/C9H16BrN3/c1-9(8-10)12(2)6-7-13-5-3-4-11-13/h3-5,9H,6-8H2,1-2H3. The monoisotopic (exact) mass is 245 g/mol. The first kappa shape index (κ1) is 10.7. The molecule has 0 aliphatic rings. The summed E-state index contributed by atoms with van der Waals surface area (Å²) in [5.74, 6) is 0. The topological polar surface area (TPSA) is 21.1 Å². The van der Waals surface area contributed by atoms with Crippen molar-refractivity contribution in [3.8, 4) is 0 Å². The van der Waals surface area contributed by atoms with Crippen molar-refractivity contribution in [2.24, 2.45) is 0 Å². The Kier molecular flexibility index (Phi) is 4.45. The van der Waals surface area contributed by atoms with Gasteiger partial charge in [0.05, 0.1) is 6.54 Å². The fourth-order valence-corrected chi connectivity index (χ4v) is 1.53. The molecule has 3 nitrogen and oxygen atoms in total. The maximum atomic E-state index is 4.15. The summed E-state index contributed by atoms with van der Waals surface area (Å²) in [6.07, 6.45) is 3.81. The summed E-state index contributed by atoms with van der Waals surface area (Å²) >= 11 is 3.47. The molecule has 0 aliphatic heterocycles. The van der Waals surface area contributed by atoms with E-state index >= 15 is 0 Å². The Hall–Kier alpha value is -0.350. The van der Waals surface area contributed by atoms with Gasteiger partial charge in [0.25, 0.3) is 0 Å². The summed E-state index contributed by atoms with van der Waals surface area (Å²) in [7, 11) is 2.13. The molecule has 1 heterocycles. The molecule has 1 aromatic heterocycles. The summed E-state index contributed by atoms with van der Waals surface area (Å²) in [6.45, 7) is 4.20. The van der Waals surface area contributed by atoms with Crippen LogP contribution in [0.15, 0.2) is 18.5 Å². The zero-order valence-electron chi connectivity index (χ0n) is 8.15. The smallest absolute Gasteiger partial charge is 0.0536 e. The van der Waals surface area contributed by atoms with Gasteiger partial charge in [0.1, 0.15) is 0 Å². The van der Waals surface area contributed by atoms with Crippen molar-refractivity contribution < 1.29 is 0 Å². The van der Waals surface area contributed by atoms with Crippen LogP contribution in [0.25, 0.3) is 0 Å². The number of halogens is 1.